The summed E-state index contributed by atoms with van der Waals surface area (Å²) in [6.07, 6.45) is 0. The van der Waals surface area contributed by atoms with Gasteiger partial charge in [-0.3, -0.25) is 4.79 Å². The number of thioether (sulfide) groups is 1. The van der Waals surface area contributed by atoms with E-state index in [-0.39, 0.29) is 5.91 Å². The Bertz CT molecular complexity index is 349. The molecule has 0 aromatic carbocycles. The Labute approximate surface area is 110 Å². The second-order valence-electron chi connectivity index (χ2n) is 3.58. The van der Waals surface area contributed by atoms with Gasteiger partial charge in [0.15, 0.2) is 0 Å². The molecule has 0 atom stereocenters. The quantitative estimate of drug-likeness (QED) is 0.448. The van der Waals surface area contributed by atoms with Gasteiger partial charge in [-0.2, -0.15) is 0 Å². The van der Waals surface area contributed by atoms with Crippen LogP contribution in [0.3, 0.4) is 0 Å². The van der Waals surface area contributed by atoms with Crippen molar-refractivity contribution >= 4 is 29.0 Å². The molecule has 1 N–H and O–H groups in total. The van der Waals surface area contributed by atoms with Gasteiger partial charge in [0.05, 0.1) is 23.2 Å². The highest BCUT2D eigenvalue weighted by Crippen LogP contribution is 2.22. The molecule has 0 saturated carbocycles. The van der Waals surface area contributed by atoms with Crippen molar-refractivity contribution in [3.63, 3.8) is 0 Å². The fourth-order valence-electron chi connectivity index (χ4n) is 1.04. The lowest BCUT2D eigenvalue weighted by Crippen LogP contribution is -2.28. The molecule has 1 amide bonds. The van der Waals surface area contributed by atoms with Gasteiger partial charge in [0, 0.05) is 6.54 Å². The summed E-state index contributed by atoms with van der Waals surface area (Å²) in [5.41, 5.74) is 0.990. The number of rotatable bonds is 8. The van der Waals surface area contributed by atoms with Crippen molar-refractivity contribution in [2.75, 3.05) is 25.5 Å². The van der Waals surface area contributed by atoms with Gasteiger partial charge in [-0.05, 0) is 18.4 Å². The molecule has 0 saturated heterocycles. The van der Waals surface area contributed by atoms with E-state index in [0.29, 0.717) is 25.5 Å². The molecule has 0 spiro atoms. The lowest BCUT2D eigenvalue weighted by molar-refractivity contribution is -0.118. The van der Waals surface area contributed by atoms with Crippen LogP contribution < -0.4 is 5.32 Å². The van der Waals surface area contributed by atoms with E-state index in [1.807, 2.05) is 24.4 Å². The number of hydrogen-bond donors (Lipinski definition) is 1. The molecule has 0 unspecified atom stereocenters. The predicted octanol–water partition coefficient (Wildman–Crippen LogP) is 2.55. The first-order valence-corrected chi connectivity index (χ1v) is 7.20. The Morgan fingerprint density at radius 3 is 3.12 bits per heavy atom. The number of carbonyl (C=O) groups excluding carboxylic acids is 1. The highest BCUT2D eigenvalue weighted by Gasteiger charge is 2.02. The summed E-state index contributed by atoms with van der Waals surface area (Å²) in [5.74, 6) is 0.503. The summed E-state index contributed by atoms with van der Waals surface area (Å²) in [6, 6.07) is 3.99. The lowest BCUT2D eigenvalue weighted by atomic mass is 10.4. The number of carbonyl (C=O) groups is 1. The van der Waals surface area contributed by atoms with Crippen LogP contribution in [0.1, 0.15) is 6.92 Å². The molecule has 1 aromatic rings. The summed E-state index contributed by atoms with van der Waals surface area (Å²) in [5, 5.41) is 4.81. The molecule has 0 aliphatic carbocycles. The number of ether oxygens (including phenoxy) is 1. The summed E-state index contributed by atoms with van der Waals surface area (Å²) in [7, 11) is 0. The van der Waals surface area contributed by atoms with Crippen LogP contribution in [0.15, 0.2) is 33.9 Å². The zero-order valence-corrected chi connectivity index (χ0v) is 11.5. The summed E-state index contributed by atoms with van der Waals surface area (Å²) in [6.45, 7) is 7.28. The third kappa shape index (κ3) is 7.20. The van der Waals surface area contributed by atoms with Crippen LogP contribution in [0, 0.1) is 0 Å². The van der Waals surface area contributed by atoms with Crippen molar-refractivity contribution in [3.05, 3.63) is 29.7 Å². The van der Waals surface area contributed by atoms with Crippen molar-refractivity contribution in [2.45, 2.75) is 11.1 Å². The molecule has 17 heavy (non-hydrogen) atoms. The first kappa shape index (κ1) is 14.3. The second-order valence-corrected chi connectivity index (χ2v) is 5.80. The van der Waals surface area contributed by atoms with E-state index in [1.54, 1.807) is 23.1 Å². The Hall–Kier alpha value is -0.780. The molecule has 1 heterocycles. The molecule has 0 aliphatic heterocycles. The normalized spacial score (nSPS) is 10.2. The van der Waals surface area contributed by atoms with E-state index in [2.05, 4.69) is 11.9 Å². The van der Waals surface area contributed by atoms with Gasteiger partial charge in [0.1, 0.15) is 0 Å². The van der Waals surface area contributed by atoms with Crippen LogP contribution in [-0.2, 0) is 9.53 Å². The van der Waals surface area contributed by atoms with E-state index < -0.39 is 0 Å². The first-order valence-electron chi connectivity index (χ1n) is 5.33. The maximum Gasteiger partial charge on any atom is 0.230 e. The van der Waals surface area contributed by atoms with Crippen molar-refractivity contribution < 1.29 is 9.53 Å². The molecular formula is C12H17NO2S2. The van der Waals surface area contributed by atoms with Gasteiger partial charge in [-0.15, -0.1) is 23.1 Å². The molecule has 1 rings (SSSR count). The molecular weight excluding hydrogens is 254 g/mol. The topological polar surface area (TPSA) is 38.3 Å². The molecule has 0 bridgehead atoms. The largest absolute Gasteiger partial charge is 0.375 e. The monoisotopic (exact) mass is 271 g/mol. The third-order valence-electron chi connectivity index (χ3n) is 1.76. The molecule has 0 aliphatic rings. The summed E-state index contributed by atoms with van der Waals surface area (Å²) >= 11 is 3.20. The van der Waals surface area contributed by atoms with E-state index in [4.69, 9.17) is 4.74 Å². The van der Waals surface area contributed by atoms with Gasteiger partial charge in [0.25, 0.3) is 0 Å². The van der Waals surface area contributed by atoms with Gasteiger partial charge in [0.2, 0.25) is 5.91 Å². The first-order chi connectivity index (χ1) is 8.18. The summed E-state index contributed by atoms with van der Waals surface area (Å²) in [4.78, 5) is 11.4. The average molecular weight is 271 g/mol. The highest BCUT2D eigenvalue weighted by molar-refractivity contribution is 8.01. The number of hydrogen-bond acceptors (Lipinski definition) is 4. The van der Waals surface area contributed by atoms with Gasteiger partial charge in [-0.25, -0.2) is 0 Å². The maximum atomic E-state index is 11.4. The van der Waals surface area contributed by atoms with Crippen molar-refractivity contribution in [3.8, 4) is 0 Å². The molecule has 5 heteroatoms. The van der Waals surface area contributed by atoms with Crippen molar-refractivity contribution in [1.82, 2.24) is 5.32 Å². The minimum absolute atomic E-state index is 0.0438. The van der Waals surface area contributed by atoms with Gasteiger partial charge >= 0.3 is 0 Å². The Kier molecular flexibility index (Phi) is 7.00. The molecule has 94 valence electrons. The van der Waals surface area contributed by atoms with E-state index in [9.17, 15) is 4.79 Å². The minimum atomic E-state index is 0.0438. The fourth-order valence-corrected chi connectivity index (χ4v) is 2.66. The smallest absolute Gasteiger partial charge is 0.230 e. The number of thiophene rings is 1. The number of nitrogens with one attached hydrogen (secondary N) is 1. The average Bonchev–Trinajstić information content (AvgIpc) is 2.78. The van der Waals surface area contributed by atoms with Crippen LogP contribution in [0.25, 0.3) is 0 Å². The Morgan fingerprint density at radius 1 is 1.65 bits per heavy atom. The van der Waals surface area contributed by atoms with E-state index in [1.165, 1.54) is 4.21 Å². The minimum Gasteiger partial charge on any atom is -0.375 e. The Balaban J connectivity index is 2.00. The Morgan fingerprint density at radius 2 is 2.47 bits per heavy atom. The standard InChI is InChI=1S/C12H17NO2S2/c1-10(2)8-15-6-5-13-11(14)9-17-12-4-3-7-16-12/h3-4,7H,1,5-6,8-9H2,2H3,(H,13,14). The zero-order chi connectivity index (χ0) is 12.5. The maximum absolute atomic E-state index is 11.4. The third-order valence-corrected chi connectivity index (χ3v) is 3.89. The van der Waals surface area contributed by atoms with Crippen molar-refractivity contribution in [1.29, 1.82) is 0 Å². The van der Waals surface area contributed by atoms with Crippen molar-refractivity contribution in [2.24, 2.45) is 0 Å². The predicted molar refractivity (Wildman–Crippen MR) is 73.7 cm³/mol. The van der Waals surface area contributed by atoms with Crippen LogP contribution in [0.5, 0.6) is 0 Å². The number of amides is 1. The SMILES string of the molecule is C=C(C)COCCNC(=O)CSc1cccs1. The molecule has 0 fully saturated rings. The van der Waals surface area contributed by atoms with E-state index >= 15 is 0 Å². The lowest BCUT2D eigenvalue weighted by Gasteiger charge is -2.05. The highest BCUT2D eigenvalue weighted by atomic mass is 32.2. The van der Waals surface area contributed by atoms with E-state index in [0.717, 1.165) is 5.57 Å². The van der Waals surface area contributed by atoms with Gasteiger partial charge < -0.3 is 10.1 Å². The molecule has 3 nitrogen and oxygen atoms in total. The van der Waals surface area contributed by atoms with Crippen LogP contribution in [0.2, 0.25) is 0 Å². The summed E-state index contributed by atoms with van der Waals surface area (Å²) < 4.78 is 6.44. The zero-order valence-electron chi connectivity index (χ0n) is 9.90. The fraction of sp³-hybridized carbons (Fsp3) is 0.417. The second kappa shape index (κ2) is 8.33. The van der Waals surface area contributed by atoms with Gasteiger partial charge in [-0.1, -0.05) is 18.2 Å². The van der Waals surface area contributed by atoms with Crippen LogP contribution in [-0.4, -0.2) is 31.4 Å². The van der Waals surface area contributed by atoms with Crippen LogP contribution in [0.4, 0.5) is 0 Å². The van der Waals surface area contributed by atoms with Crippen LogP contribution >= 0.6 is 23.1 Å². The molecule has 0 radical (unpaired) electrons. The molecule has 1 aromatic heterocycles.